The number of nitrogens with one attached hydrogen (secondary N) is 1. The number of aryl methyl sites for hydroxylation is 2. The maximum Gasteiger partial charge on any atom is 0.223 e. The van der Waals surface area contributed by atoms with Crippen molar-refractivity contribution in [2.45, 2.75) is 39.3 Å². The molecule has 4 heteroatoms. The lowest BCUT2D eigenvalue weighted by Crippen LogP contribution is -2.55. The van der Waals surface area contributed by atoms with Crippen LogP contribution in [-0.4, -0.2) is 35.6 Å². The van der Waals surface area contributed by atoms with Gasteiger partial charge in [0.2, 0.25) is 5.88 Å². The average Bonchev–Trinajstić information content (AvgIpc) is 2.65. The van der Waals surface area contributed by atoms with Crippen LogP contribution in [0.4, 0.5) is 0 Å². The Bertz CT molecular complexity index is 717. The van der Waals surface area contributed by atoms with E-state index in [-0.39, 0.29) is 0 Å². The number of hydrogen-bond donors (Lipinski definition) is 1. The number of benzene rings is 1. The normalized spacial score (nSPS) is 25.1. The van der Waals surface area contributed by atoms with E-state index in [0.29, 0.717) is 11.9 Å². The molecule has 3 aliphatic heterocycles. The number of fused-ring (bicyclic) bond motifs is 3. The fourth-order valence-electron chi connectivity index (χ4n) is 4.14. The maximum absolute atomic E-state index is 6.21. The van der Waals surface area contributed by atoms with E-state index in [1.807, 2.05) is 6.07 Å². The number of ether oxygens (including phenoxy) is 1. The van der Waals surface area contributed by atoms with Crippen molar-refractivity contribution >= 4 is 0 Å². The molecule has 3 aliphatic rings. The highest BCUT2D eigenvalue weighted by Crippen LogP contribution is 2.30. The molecule has 25 heavy (non-hydrogen) atoms. The molecule has 4 heterocycles. The Morgan fingerprint density at radius 2 is 1.88 bits per heavy atom. The Kier molecular flexibility index (Phi) is 4.73. The number of piperidine rings is 3. The third kappa shape index (κ3) is 3.55. The number of para-hydroxylation sites is 1. The number of rotatable bonds is 5. The first-order chi connectivity index (χ1) is 12.2. The molecule has 5 rings (SSSR count). The van der Waals surface area contributed by atoms with Crippen molar-refractivity contribution in [1.82, 2.24) is 15.2 Å². The first-order valence-corrected chi connectivity index (χ1v) is 9.34. The van der Waals surface area contributed by atoms with Crippen LogP contribution in [0.5, 0.6) is 11.6 Å². The Balaban J connectivity index is 1.48. The number of pyridine rings is 1. The van der Waals surface area contributed by atoms with E-state index in [9.17, 15) is 0 Å². The second-order valence-electron chi connectivity index (χ2n) is 7.42. The molecule has 2 aromatic rings. The van der Waals surface area contributed by atoms with Crippen molar-refractivity contribution in [2.24, 2.45) is 5.92 Å². The minimum Gasteiger partial charge on any atom is -0.438 e. The van der Waals surface area contributed by atoms with Gasteiger partial charge in [0.1, 0.15) is 5.75 Å². The van der Waals surface area contributed by atoms with Crippen molar-refractivity contribution < 1.29 is 4.74 Å². The number of nitrogens with zero attached hydrogens (tertiary/aromatic N) is 2. The molecule has 132 valence electrons. The van der Waals surface area contributed by atoms with Crippen LogP contribution >= 0.6 is 0 Å². The molecule has 1 N–H and O–H groups in total. The molecule has 1 atom stereocenters. The molecule has 0 unspecified atom stereocenters. The van der Waals surface area contributed by atoms with Gasteiger partial charge in [-0.05, 0) is 62.9 Å². The van der Waals surface area contributed by atoms with Gasteiger partial charge in [-0.1, -0.05) is 24.3 Å². The van der Waals surface area contributed by atoms with Crippen LogP contribution in [0.25, 0.3) is 0 Å². The monoisotopic (exact) mass is 337 g/mol. The first-order valence-electron chi connectivity index (χ1n) is 9.34. The van der Waals surface area contributed by atoms with Gasteiger partial charge in [-0.3, -0.25) is 0 Å². The van der Waals surface area contributed by atoms with E-state index in [4.69, 9.17) is 4.74 Å². The van der Waals surface area contributed by atoms with E-state index < -0.39 is 0 Å². The summed E-state index contributed by atoms with van der Waals surface area (Å²) in [6.07, 6.45) is 4.47. The number of hydrogen-bond acceptors (Lipinski definition) is 4. The van der Waals surface area contributed by atoms with Crippen LogP contribution < -0.4 is 10.1 Å². The minimum absolute atomic E-state index is 0.593. The summed E-state index contributed by atoms with van der Waals surface area (Å²) < 4.78 is 6.21. The summed E-state index contributed by atoms with van der Waals surface area (Å²) in [7, 11) is 0. The molecule has 0 aliphatic carbocycles. The third-order valence-electron chi connectivity index (χ3n) is 5.67. The fraction of sp³-hybridized carbons (Fsp3) is 0.476. The van der Waals surface area contributed by atoms with Crippen molar-refractivity contribution in [3.63, 3.8) is 0 Å². The van der Waals surface area contributed by atoms with Gasteiger partial charge >= 0.3 is 0 Å². The number of aromatic nitrogens is 1. The summed E-state index contributed by atoms with van der Waals surface area (Å²) in [5.41, 5.74) is 3.41. The smallest absolute Gasteiger partial charge is 0.223 e. The summed E-state index contributed by atoms with van der Waals surface area (Å²) >= 11 is 0. The molecule has 0 saturated carbocycles. The van der Waals surface area contributed by atoms with E-state index >= 15 is 0 Å². The Hall–Kier alpha value is -1.91. The zero-order valence-electron chi connectivity index (χ0n) is 15.2. The zero-order chi connectivity index (χ0) is 17.2. The lowest BCUT2D eigenvalue weighted by Gasteiger charge is -2.45. The average molecular weight is 337 g/mol. The van der Waals surface area contributed by atoms with E-state index in [1.54, 1.807) is 6.20 Å². The standard InChI is InChI=1S/C21H27N3O/c1-15-5-3-6-16(2)20(15)25-21-18(7-4-10-22-21)13-23-19-14-24-11-8-17(19)9-12-24/h3-7,10,17,19,23H,8-9,11-14H2,1-2H3/t19-/m1/s1. The second-order valence-corrected chi connectivity index (χ2v) is 7.42. The molecule has 4 nitrogen and oxygen atoms in total. The molecular weight excluding hydrogens is 310 g/mol. The summed E-state index contributed by atoms with van der Waals surface area (Å²) in [4.78, 5) is 7.07. The van der Waals surface area contributed by atoms with Gasteiger partial charge in [-0.2, -0.15) is 0 Å². The predicted molar refractivity (Wildman–Crippen MR) is 100 cm³/mol. The molecule has 0 amide bonds. The maximum atomic E-state index is 6.21. The van der Waals surface area contributed by atoms with Crippen molar-refractivity contribution in [2.75, 3.05) is 19.6 Å². The first kappa shape index (κ1) is 16.6. The van der Waals surface area contributed by atoms with Crippen LogP contribution in [0.15, 0.2) is 36.5 Å². The SMILES string of the molecule is Cc1cccc(C)c1Oc1ncccc1CN[C@@H]1CN2CCC1CC2. The van der Waals surface area contributed by atoms with Gasteiger partial charge in [0.15, 0.2) is 0 Å². The topological polar surface area (TPSA) is 37.4 Å². The Labute approximate surface area is 150 Å². The molecule has 2 bridgehead atoms. The Morgan fingerprint density at radius 1 is 1.12 bits per heavy atom. The molecule has 1 aromatic heterocycles. The second kappa shape index (κ2) is 7.14. The van der Waals surface area contributed by atoms with Crippen molar-refractivity contribution in [1.29, 1.82) is 0 Å². The molecular formula is C21H27N3O. The zero-order valence-corrected chi connectivity index (χ0v) is 15.2. The highest BCUT2D eigenvalue weighted by Gasteiger charge is 2.33. The van der Waals surface area contributed by atoms with E-state index in [1.165, 1.54) is 32.5 Å². The summed E-state index contributed by atoms with van der Waals surface area (Å²) in [5.74, 6) is 2.46. The van der Waals surface area contributed by atoms with Gasteiger partial charge in [0.05, 0.1) is 0 Å². The van der Waals surface area contributed by atoms with Crippen LogP contribution in [0.3, 0.4) is 0 Å². The quantitative estimate of drug-likeness (QED) is 0.903. The van der Waals surface area contributed by atoms with E-state index in [2.05, 4.69) is 53.3 Å². The fourth-order valence-corrected chi connectivity index (χ4v) is 4.14. The lowest BCUT2D eigenvalue weighted by atomic mass is 9.84. The molecule has 0 spiro atoms. The van der Waals surface area contributed by atoms with Crippen LogP contribution in [0.2, 0.25) is 0 Å². The predicted octanol–water partition coefficient (Wildman–Crippen LogP) is 3.67. The molecule has 3 saturated heterocycles. The molecule has 1 aromatic carbocycles. The highest BCUT2D eigenvalue weighted by molar-refractivity contribution is 5.43. The van der Waals surface area contributed by atoms with Gasteiger partial charge in [0.25, 0.3) is 0 Å². The van der Waals surface area contributed by atoms with Crippen molar-refractivity contribution in [3.05, 3.63) is 53.2 Å². The van der Waals surface area contributed by atoms with Gasteiger partial charge in [-0.15, -0.1) is 0 Å². The summed E-state index contributed by atoms with van der Waals surface area (Å²) in [6, 6.07) is 10.9. The highest BCUT2D eigenvalue weighted by atomic mass is 16.5. The van der Waals surface area contributed by atoms with Crippen LogP contribution in [0, 0.1) is 19.8 Å². The largest absolute Gasteiger partial charge is 0.438 e. The third-order valence-corrected chi connectivity index (χ3v) is 5.67. The summed E-state index contributed by atoms with van der Waals surface area (Å²) in [5, 5.41) is 3.76. The van der Waals surface area contributed by atoms with Gasteiger partial charge in [-0.25, -0.2) is 4.98 Å². The van der Waals surface area contributed by atoms with Crippen LogP contribution in [0.1, 0.15) is 29.5 Å². The lowest BCUT2D eigenvalue weighted by molar-refractivity contribution is 0.0719. The van der Waals surface area contributed by atoms with Gasteiger partial charge in [0, 0.05) is 30.9 Å². The minimum atomic E-state index is 0.593. The van der Waals surface area contributed by atoms with Gasteiger partial charge < -0.3 is 15.0 Å². The Morgan fingerprint density at radius 3 is 2.56 bits per heavy atom. The molecule has 0 radical (unpaired) electrons. The van der Waals surface area contributed by atoms with E-state index in [0.717, 1.165) is 34.9 Å². The summed E-state index contributed by atoms with van der Waals surface area (Å²) in [6.45, 7) is 8.70. The molecule has 3 fully saturated rings. The van der Waals surface area contributed by atoms with Crippen molar-refractivity contribution in [3.8, 4) is 11.6 Å². The van der Waals surface area contributed by atoms with Crippen LogP contribution in [-0.2, 0) is 6.54 Å².